The van der Waals surface area contributed by atoms with Crippen molar-refractivity contribution in [3.63, 3.8) is 0 Å². The Kier molecular flexibility index (Phi) is 3.73. The molecule has 0 fully saturated rings. The van der Waals surface area contributed by atoms with Gasteiger partial charge in [0.25, 0.3) is 0 Å². The molecule has 0 aromatic heterocycles. The molecule has 0 aliphatic heterocycles. The monoisotopic (exact) mass is 163 g/mol. The maximum absolute atomic E-state index is 13.1. The van der Waals surface area contributed by atoms with Crippen molar-refractivity contribution in [3.8, 4) is 6.07 Å². The first-order valence-electron chi connectivity index (χ1n) is 3.33. The average Bonchev–Trinajstić information content (AvgIpc) is 1.80. The molecule has 1 atom stereocenters. The van der Waals surface area contributed by atoms with Crippen LogP contribution in [0.2, 0.25) is 0 Å². The number of rotatable bonds is 3. The first-order chi connectivity index (χ1) is 4.52. The molecule has 0 aliphatic rings. The Morgan fingerprint density at radius 3 is 2.20 bits per heavy atom. The van der Waals surface area contributed by atoms with Gasteiger partial charge in [-0.25, -0.2) is 0 Å². The highest BCUT2D eigenvalue weighted by Gasteiger charge is 2.22. The molecule has 3 heteroatoms. The molecule has 0 saturated carbocycles. The first-order valence-corrected chi connectivity index (χ1v) is 5.75. The molecule has 10 heavy (non-hydrogen) atoms. The van der Waals surface area contributed by atoms with Crippen molar-refractivity contribution in [1.82, 2.24) is 0 Å². The Morgan fingerprint density at radius 2 is 2.10 bits per heavy atom. The van der Waals surface area contributed by atoms with Gasteiger partial charge in [-0.1, -0.05) is 23.8 Å². The predicted molar refractivity (Wildman–Crippen MR) is 44.9 cm³/mol. The van der Waals surface area contributed by atoms with Crippen LogP contribution in [0.25, 0.3) is 0 Å². The van der Waals surface area contributed by atoms with Crippen LogP contribution in [0.5, 0.6) is 0 Å². The van der Waals surface area contributed by atoms with Crippen molar-refractivity contribution in [2.45, 2.75) is 25.0 Å². The minimum atomic E-state index is -2.14. The normalized spacial score (nSPS) is 15.9. The van der Waals surface area contributed by atoms with Gasteiger partial charge in [-0.3, -0.25) is 0 Å². The molecule has 0 aromatic rings. The fourth-order valence-corrected chi connectivity index (χ4v) is 1.78. The third-order valence-corrected chi connectivity index (χ3v) is 3.07. The van der Waals surface area contributed by atoms with Gasteiger partial charge in [-0.15, -0.1) is 0 Å². The molecule has 0 radical (unpaired) electrons. The lowest BCUT2D eigenvalue weighted by Gasteiger charge is -2.24. The number of nitriles is 1. The van der Waals surface area contributed by atoms with E-state index in [9.17, 15) is 3.89 Å². The summed E-state index contributed by atoms with van der Waals surface area (Å²) in [4.78, 5) is 0. The minimum Gasteiger partial charge on any atom is -0.197 e. The van der Waals surface area contributed by atoms with E-state index in [0.717, 1.165) is 6.42 Å². The molecule has 0 rings (SSSR count). The van der Waals surface area contributed by atoms with Crippen molar-refractivity contribution in [2.24, 2.45) is 0 Å². The zero-order valence-corrected chi connectivity index (χ0v) is 7.54. The van der Waals surface area contributed by atoms with E-state index in [4.69, 9.17) is 5.26 Å². The topological polar surface area (TPSA) is 23.8 Å². The van der Waals surface area contributed by atoms with Crippen LogP contribution in [-0.4, -0.2) is 17.8 Å². The second kappa shape index (κ2) is 3.82. The van der Waals surface area contributed by atoms with E-state index in [1.165, 1.54) is 12.5 Å². The van der Waals surface area contributed by atoms with Gasteiger partial charge in [0.1, 0.15) is 5.25 Å². The van der Waals surface area contributed by atoms with E-state index in [0.29, 0.717) is 6.42 Å². The molecule has 0 spiro atoms. The van der Waals surface area contributed by atoms with E-state index in [1.807, 2.05) is 13.0 Å². The number of hydrogen-bond donors (Lipinski definition) is 0. The maximum atomic E-state index is 13.1. The van der Waals surface area contributed by atoms with Crippen LogP contribution in [0.15, 0.2) is 0 Å². The number of nitrogens with zero attached hydrogens (tertiary/aromatic N) is 1. The summed E-state index contributed by atoms with van der Waals surface area (Å²) in [6.45, 7) is 1.97. The van der Waals surface area contributed by atoms with Crippen molar-refractivity contribution in [1.29, 1.82) is 5.26 Å². The lowest BCUT2D eigenvalue weighted by molar-refractivity contribution is 0.789. The Labute approximate surface area is 63.8 Å². The van der Waals surface area contributed by atoms with Gasteiger partial charge in [0.2, 0.25) is 0 Å². The quantitative estimate of drug-likeness (QED) is 0.627. The standard InChI is InChI=1S/C7H14FNS/c1-4-5-7(6-9)10(2,3)8/h7H,4-5H2,1-3H3. The van der Waals surface area contributed by atoms with Crippen molar-refractivity contribution >= 4 is 10.4 Å². The lowest BCUT2D eigenvalue weighted by Crippen LogP contribution is -2.09. The third kappa shape index (κ3) is 3.07. The van der Waals surface area contributed by atoms with Crippen LogP contribution in [0.1, 0.15) is 19.8 Å². The Hall–Kier alpha value is -0.230. The summed E-state index contributed by atoms with van der Waals surface area (Å²) in [5.41, 5.74) is 0. The van der Waals surface area contributed by atoms with Crippen molar-refractivity contribution in [3.05, 3.63) is 0 Å². The highest BCUT2D eigenvalue weighted by Crippen LogP contribution is 2.48. The van der Waals surface area contributed by atoms with E-state index in [-0.39, 0.29) is 5.25 Å². The van der Waals surface area contributed by atoms with Crippen LogP contribution in [0.3, 0.4) is 0 Å². The van der Waals surface area contributed by atoms with Gasteiger partial charge in [-0.2, -0.15) is 9.15 Å². The predicted octanol–water partition coefficient (Wildman–Crippen LogP) is 2.63. The molecule has 0 saturated heterocycles. The number of hydrogen-bond acceptors (Lipinski definition) is 1. The molecule has 1 unspecified atom stereocenters. The summed E-state index contributed by atoms with van der Waals surface area (Å²) in [5, 5.41) is 8.16. The molecule has 60 valence electrons. The van der Waals surface area contributed by atoms with Gasteiger partial charge in [0.05, 0.1) is 6.07 Å². The highest BCUT2D eigenvalue weighted by atomic mass is 32.3. The fraction of sp³-hybridized carbons (Fsp3) is 0.857. The van der Waals surface area contributed by atoms with Gasteiger partial charge >= 0.3 is 0 Å². The average molecular weight is 163 g/mol. The van der Waals surface area contributed by atoms with E-state index in [2.05, 4.69) is 0 Å². The second-order valence-electron chi connectivity index (χ2n) is 2.68. The zero-order valence-electron chi connectivity index (χ0n) is 6.72. The summed E-state index contributed by atoms with van der Waals surface area (Å²) in [7, 11) is -2.14. The van der Waals surface area contributed by atoms with Crippen molar-refractivity contribution < 1.29 is 3.89 Å². The summed E-state index contributed by atoms with van der Waals surface area (Å²) in [6, 6.07) is 2.00. The maximum Gasteiger partial charge on any atom is 0.101 e. The second-order valence-corrected chi connectivity index (χ2v) is 5.81. The van der Waals surface area contributed by atoms with Gasteiger partial charge < -0.3 is 0 Å². The molecule has 0 bridgehead atoms. The van der Waals surface area contributed by atoms with Crippen LogP contribution in [-0.2, 0) is 0 Å². The Balaban J connectivity index is 3.98. The minimum absolute atomic E-state index is 0.363. The summed E-state index contributed by atoms with van der Waals surface area (Å²) in [6.07, 6.45) is 4.65. The summed E-state index contributed by atoms with van der Waals surface area (Å²) >= 11 is 0. The Morgan fingerprint density at radius 1 is 1.60 bits per heavy atom. The first kappa shape index (κ1) is 9.77. The van der Waals surface area contributed by atoms with Gasteiger partial charge in [0.15, 0.2) is 0 Å². The molecule has 0 aromatic carbocycles. The van der Waals surface area contributed by atoms with Crippen LogP contribution < -0.4 is 0 Å². The molecule has 1 nitrogen and oxygen atoms in total. The number of halogens is 1. The van der Waals surface area contributed by atoms with Crippen molar-refractivity contribution in [2.75, 3.05) is 12.5 Å². The highest BCUT2D eigenvalue weighted by molar-refractivity contribution is 8.29. The van der Waals surface area contributed by atoms with E-state index < -0.39 is 10.4 Å². The molecular formula is C7H14FNS. The molecule has 0 aliphatic carbocycles. The van der Waals surface area contributed by atoms with Gasteiger partial charge in [-0.05, 0) is 18.9 Å². The fourth-order valence-electron chi connectivity index (χ4n) is 0.732. The molecule has 0 N–H and O–H groups in total. The zero-order chi connectivity index (χ0) is 8.20. The smallest absolute Gasteiger partial charge is 0.101 e. The van der Waals surface area contributed by atoms with Gasteiger partial charge in [0, 0.05) is 0 Å². The SMILES string of the molecule is CCCC(C#N)S(C)(C)F. The van der Waals surface area contributed by atoms with Crippen LogP contribution in [0, 0.1) is 11.3 Å². The molecular weight excluding hydrogens is 149 g/mol. The summed E-state index contributed by atoms with van der Waals surface area (Å²) in [5.74, 6) is 0. The Bertz CT molecular complexity index is 134. The summed E-state index contributed by atoms with van der Waals surface area (Å²) < 4.78 is 13.1. The van der Waals surface area contributed by atoms with Crippen LogP contribution in [0.4, 0.5) is 3.89 Å². The lowest BCUT2D eigenvalue weighted by atomic mass is 10.3. The third-order valence-electron chi connectivity index (χ3n) is 1.37. The molecule has 0 amide bonds. The van der Waals surface area contributed by atoms with E-state index >= 15 is 0 Å². The van der Waals surface area contributed by atoms with E-state index in [1.54, 1.807) is 0 Å². The molecule has 0 heterocycles. The largest absolute Gasteiger partial charge is 0.197 e. The van der Waals surface area contributed by atoms with Crippen LogP contribution >= 0.6 is 10.4 Å².